The molecule has 1 saturated carbocycles. The third kappa shape index (κ3) is 4.10. The number of hydroxylamine groups is 1. The predicted molar refractivity (Wildman–Crippen MR) is 110 cm³/mol. The number of aliphatic hydroxyl groups is 1. The molecule has 2 aliphatic heterocycles. The van der Waals surface area contributed by atoms with Crippen LogP contribution in [0.2, 0.25) is 0 Å². The van der Waals surface area contributed by atoms with Gasteiger partial charge in [0.1, 0.15) is 24.0 Å². The van der Waals surface area contributed by atoms with E-state index in [1.54, 1.807) is 24.3 Å². The molecule has 3 aliphatic rings. The summed E-state index contributed by atoms with van der Waals surface area (Å²) in [6, 6.07) is 9.67. The molecule has 1 radical (unpaired) electrons. The van der Waals surface area contributed by atoms with E-state index in [0.717, 1.165) is 11.6 Å². The summed E-state index contributed by atoms with van der Waals surface area (Å²) in [5, 5.41) is 8.80. The van der Waals surface area contributed by atoms with Gasteiger partial charge in [-0.3, -0.25) is 9.59 Å². The molecule has 1 aliphatic carbocycles. The number of ether oxygens (including phenoxy) is 3. The Morgan fingerprint density at radius 2 is 1.48 bits per heavy atom. The maximum atomic E-state index is 12.8. The van der Waals surface area contributed by atoms with E-state index >= 15 is 0 Å². The Kier molecular flexibility index (Phi) is 7.38. The van der Waals surface area contributed by atoms with Crippen LogP contribution in [0.3, 0.4) is 0 Å². The largest absolute Gasteiger partial charge is 0.426 e. The van der Waals surface area contributed by atoms with Crippen molar-refractivity contribution in [2.24, 2.45) is 11.8 Å². The van der Waals surface area contributed by atoms with E-state index in [4.69, 9.17) is 24.2 Å². The first kappa shape index (κ1) is 25.0. The van der Waals surface area contributed by atoms with E-state index in [0.29, 0.717) is 17.1 Å². The summed E-state index contributed by atoms with van der Waals surface area (Å²) in [6.45, 7) is 2.96. The average Bonchev–Trinajstić information content (AvgIpc) is 2.73. The Hall–Kier alpha value is -2.59. The fraction of sp³-hybridized carbons (Fsp3) is 0.217. The number of esters is 3. The molecule has 4 atom stereocenters. The van der Waals surface area contributed by atoms with Gasteiger partial charge in [-0.2, -0.15) is 0 Å². The van der Waals surface area contributed by atoms with Gasteiger partial charge < -0.3 is 31.6 Å². The minimum Gasteiger partial charge on any atom is -0.426 e. The zero-order chi connectivity index (χ0) is 21.7. The Labute approximate surface area is 214 Å². The maximum absolute atomic E-state index is 12.8. The number of nitrogens with one attached hydrogen (secondary N) is 1. The molecular weight excluding hydrogens is 507 g/mol. The van der Waals surface area contributed by atoms with Gasteiger partial charge in [0.2, 0.25) is 0 Å². The van der Waals surface area contributed by atoms with Crippen LogP contribution in [0.25, 0.3) is 0 Å². The van der Waals surface area contributed by atoms with Crippen LogP contribution >= 0.6 is 0 Å². The molecule has 4 unspecified atom stereocenters. The maximum Gasteiger partial charge on any atom is 0.335 e. The molecule has 0 saturated heterocycles. The van der Waals surface area contributed by atoms with Crippen molar-refractivity contribution < 1.29 is 71.2 Å². The molecule has 5 rings (SSSR count). The van der Waals surface area contributed by atoms with Gasteiger partial charge in [0.15, 0.2) is 5.75 Å². The van der Waals surface area contributed by atoms with Crippen molar-refractivity contribution >= 4 is 17.9 Å². The summed E-state index contributed by atoms with van der Waals surface area (Å²) in [4.78, 5) is 42.2. The van der Waals surface area contributed by atoms with E-state index < -0.39 is 35.7 Å². The van der Waals surface area contributed by atoms with E-state index in [2.05, 4.69) is 12.1 Å². The quantitative estimate of drug-likeness (QED) is 0.150. The molecule has 9 nitrogen and oxygen atoms in total. The van der Waals surface area contributed by atoms with Crippen molar-refractivity contribution in [3.05, 3.63) is 67.6 Å². The SMILES string of the molecule is C=CC(=O)Oc1ccc2c(c1)OC(=O)C1C3c4ccc(ONCO)cc4OC(=O)C3C21.[CH3-].[Y]. The minimum atomic E-state index is -0.631. The molecule has 2 aromatic rings. The van der Waals surface area contributed by atoms with Crippen LogP contribution in [-0.4, -0.2) is 29.7 Å². The summed E-state index contributed by atoms with van der Waals surface area (Å²) < 4.78 is 16.1. The first-order chi connectivity index (χ1) is 15.0. The molecule has 169 valence electrons. The van der Waals surface area contributed by atoms with Crippen molar-refractivity contribution in [3.8, 4) is 23.0 Å². The molecule has 1 fully saturated rings. The Morgan fingerprint density at radius 1 is 0.970 bits per heavy atom. The van der Waals surface area contributed by atoms with E-state index in [1.165, 1.54) is 12.1 Å². The number of fused-ring (bicyclic) bond motifs is 8. The topological polar surface area (TPSA) is 120 Å². The molecule has 10 heteroatoms. The van der Waals surface area contributed by atoms with Crippen molar-refractivity contribution in [2.45, 2.75) is 11.8 Å². The molecule has 2 heterocycles. The van der Waals surface area contributed by atoms with E-state index in [1.807, 2.05) is 0 Å². The van der Waals surface area contributed by atoms with Crippen molar-refractivity contribution in [3.63, 3.8) is 0 Å². The summed E-state index contributed by atoms with van der Waals surface area (Å²) in [5.74, 6) is -2.21. The third-order valence-corrected chi connectivity index (χ3v) is 5.84. The Balaban J connectivity index is 0.00000153. The number of carbonyl (C=O) groups excluding carboxylic acids is 3. The van der Waals surface area contributed by atoms with Crippen LogP contribution < -0.4 is 24.5 Å². The summed E-state index contributed by atoms with van der Waals surface area (Å²) in [7, 11) is 0. The second-order valence-electron chi connectivity index (χ2n) is 7.37. The summed E-state index contributed by atoms with van der Waals surface area (Å²) in [5.41, 5.74) is 3.72. The van der Waals surface area contributed by atoms with Gasteiger partial charge in [-0.05, 0) is 12.1 Å². The second kappa shape index (κ2) is 9.73. The fourth-order valence-electron chi connectivity index (χ4n) is 4.62. The standard InChI is InChI=1S/C22H17NO8.CH3.Y/c1-2-16(25)28-10-3-5-12-14(7-10)29-21(26)19-17(12)20-18(19)13-6-4-11(31-23-9-24)8-15(13)30-22(20)27;;/h2-8,17-20,23-24H,1,9H2;1H3;/q;-1;. The van der Waals surface area contributed by atoms with E-state index in [9.17, 15) is 14.4 Å². The number of benzene rings is 2. The van der Waals surface area contributed by atoms with Crippen LogP contribution in [0.5, 0.6) is 23.0 Å². The Bertz CT molecular complexity index is 1130. The van der Waals surface area contributed by atoms with Crippen molar-refractivity contribution in [2.75, 3.05) is 6.73 Å². The molecular formula is C23H20NO8Y-. The van der Waals surface area contributed by atoms with Gasteiger partial charge in [0.05, 0.1) is 11.8 Å². The summed E-state index contributed by atoms with van der Waals surface area (Å²) >= 11 is 0. The van der Waals surface area contributed by atoms with Gasteiger partial charge in [-0.1, -0.05) is 18.7 Å². The summed E-state index contributed by atoms with van der Waals surface area (Å²) in [6.07, 6.45) is 1.03. The van der Waals surface area contributed by atoms with Crippen LogP contribution in [0, 0.1) is 19.3 Å². The van der Waals surface area contributed by atoms with Crippen molar-refractivity contribution in [1.29, 1.82) is 0 Å². The van der Waals surface area contributed by atoms with E-state index in [-0.39, 0.29) is 64.3 Å². The number of hydrogen-bond donors (Lipinski definition) is 2. The van der Waals surface area contributed by atoms with Crippen LogP contribution in [-0.2, 0) is 47.1 Å². The number of aliphatic hydroxyl groups excluding tert-OH is 1. The second-order valence-corrected chi connectivity index (χ2v) is 7.37. The Morgan fingerprint density at radius 3 is 2.00 bits per heavy atom. The van der Waals surface area contributed by atoms with Crippen molar-refractivity contribution in [1.82, 2.24) is 5.48 Å². The van der Waals surface area contributed by atoms with Crippen LogP contribution in [0.1, 0.15) is 23.0 Å². The first-order valence-corrected chi connectivity index (χ1v) is 9.58. The smallest absolute Gasteiger partial charge is 0.335 e. The monoisotopic (exact) mass is 527 g/mol. The zero-order valence-electron chi connectivity index (χ0n) is 17.6. The zero-order valence-corrected chi connectivity index (χ0v) is 20.5. The minimum absolute atomic E-state index is 0. The predicted octanol–water partition coefficient (Wildman–Crippen LogP) is 2.01. The number of hydrogen-bond acceptors (Lipinski definition) is 9. The van der Waals surface area contributed by atoms with Gasteiger partial charge in [0.25, 0.3) is 0 Å². The van der Waals surface area contributed by atoms with Gasteiger partial charge in [0, 0.05) is 73.9 Å². The molecule has 2 N–H and O–H groups in total. The molecule has 0 amide bonds. The number of rotatable bonds is 5. The molecule has 2 aromatic carbocycles. The molecule has 0 aromatic heterocycles. The average molecular weight is 527 g/mol. The fourth-order valence-corrected chi connectivity index (χ4v) is 4.62. The van der Waals surface area contributed by atoms with Gasteiger partial charge in [-0.15, -0.1) is 5.48 Å². The first-order valence-electron chi connectivity index (χ1n) is 9.58. The molecule has 0 bridgehead atoms. The van der Waals surface area contributed by atoms with Crippen LogP contribution in [0.4, 0.5) is 0 Å². The molecule has 0 spiro atoms. The normalized spacial score (nSPS) is 23.3. The number of carbonyl (C=O) groups is 3. The van der Waals surface area contributed by atoms with Gasteiger partial charge in [-0.25, -0.2) is 4.79 Å². The third-order valence-electron chi connectivity index (χ3n) is 5.84. The van der Waals surface area contributed by atoms with Gasteiger partial charge >= 0.3 is 17.9 Å². The van der Waals surface area contributed by atoms with Crippen LogP contribution in [0.15, 0.2) is 49.1 Å². The molecule has 33 heavy (non-hydrogen) atoms.